The van der Waals surface area contributed by atoms with Crippen LogP contribution < -0.4 is 0 Å². The van der Waals surface area contributed by atoms with E-state index in [0.29, 0.717) is 0 Å². The third kappa shape index (κ3) is 5.12. The van der Waals surface area contributed by atoms with Crippen molar-refractivity contribution < 1.29 is 0 Å². The first-order valence-electron chi connectivity index (χ1n) is 9.15. The van der Waals surface area contributed by atoms with Gasteiger partial charge in [0.15, 0.2) is 0 Å². The Hall–Kier alpha value is 0. The van der Waals surface area contributed by atoms with Crippen molar-refractivity contribution in [2.24, 2.45) is 29.6 Å². The molecule has 0 amide bonds. The van der Waals surface area contributed by atoms with Crippen molar-refractivity contribution >= 4 is 0 Å². The zero-order chi connectivity index (χ0) is 13.7. The number of hydrogen-bond acceptors (Lipinski definition) is 0. The Morgan fingerprint density at radius 1 is 0.737 bits per heavy atom. The summed E-state index contributed by atoms with van der Waals surface area (Å²) in [5, 5.41) is 0. The first-order valence-corrected chi connectivity index (χ1v) is 9.15. The third-order valence-corrected chi connectivity index (χ3v) is 5.98. The maximum Gasteiger partial charge on any atom is -0.0383 e. The molecule has 2 aliphatic carbocycles. The van der Waals surface area contributed by atoms with Gasteiger partial charge in [0.2, 0.25) is 0 Å². The van der Waals surface area contributed by atoms with E-state index in [9.17, 15) is 0 Å². The van der Waals surface area contributed by atoms with E-state index in [1.54, 1.807) is 12.8 Å². The van der Waals surface area contributed by atoms with Gasteiger partial charge >= 0.3 is 0 Å². The molecular weight excluding hydrogens is 228 g/mol. The zero-order valence-electron chi connectivity index (χ0n) is 13.7. The molecule has 2 unspecified atom stereocenters. The summed E-state index contributed by atoms with van der Waals surface area (Å²) in [5.41, 5.74) is 0. The molecule has 0 saturated heterocycles. The highest BCUT2D eigenvalue weighted by Crippen LogP contribution is 2.41. The summed E-state index contributed by atoms with van der Waals surface area (Å²) >= 11 is 0. The predicted molar refractivity (Wildman–Crippen MR) is 85.3 cm³/mol. The SMILES string of the molecule is CC(C)CCC(C)C(CC1CCCC1)CC1CCC1. The second-order valence-corrected chi connectivity index (χ2v) is 8.13. The van der Waals surface area contributed by atoms with Crippen LogP contribution in [0.5, 0.6) is 0 Å². The Labute approximate surface area is 121 Å². The molecule has 2 rings (SSSR count). The van der Waals surface area contributed by atoms with Gasteiger partial charge in [-0.3, -0.25) is 0 Å². The minimum Gasteiger partial charge on any atom is -0.0628 e. The third-order valence-electron chi connectivity index (χ3n) is 5.98. The lowest BCUT2D eigenvalue weighted by Gasteiger charge is -2.34. The number of hydrogen-bond donors (Lipinski definition) is 0. The average Bonchev–Trinajstić information content (AvgIpc) is 2.81. The van der Waals surface area contributed by atoms with Crippen LogP contribution in [0.2, 0.25) is 0 Å². The van der Waals surface area contributed by atoms with Crippen molar-refractivity contribution in [3.05, 3.63) is 0 Å². The van der Waals surface area contributed by atoms with E-state index in [2.05, 4.69) is 20.8 Å². The van der Waals surface area contributed by atoms with Crippen molar-refractivity contribution in [3.8, 4) is 0 Å². The number of rotatable bonds is 8. The van der Waals surface area contributed by atoms with Crippen LogP contribution in [-0.2, 0) is 0 Å². The van der Waals surface area contributed by atoms with Crippen molar-refractivity contribution in [1.82, 2.24) is 0 Å². The van der Waals surface area contributed by atoms with Crippen LogP contribution in [0.1, 0.15) is 91.4 Å². The van der Waals surface area contributed by atoms with Gasteiger partial charge in [0.05, 0.1) is 0 Å². The van der Waals surface area contributed by atoms with Crippen LogP contribution in [0.4, 0.5) is 0 Å². The fraction of sp³-hybridized carbons (Fsp3) is 1.00. The molecule has 2 fully saturated rings. The highest BCUT2D eigenvalue weighted by Gasteiger charge is 2.28. The van der Waals surface area contributed by atoms with E-state index in [0.717, 1.165) is 29.6 Å². The Bertz CT molecular complexity index is 232. The lowest BCUT2D eigenvalue weighted by molar-refractivity contribution is 0.173. The van der Waals surface area contributed by atoms with E-state index in [-0.39, 0.29) is 0 Å². The highest BCUT2D eigenvalue weighted by molar-refractivity contribution is 4.80. The molecule has 0 heteroatoms. The Morgan fingerprint density at radius 2 is 1.26 bits per heavy atom. The first-order chi connectivity index (χ1) is 9.15. The molecule has 0 spiro atoms. The molecule has 0 bridgehead atoms. The zero-order valence-corrected chi connectivity index (χ0v) is 13.7. The van der Waals surface area contributed by atoms with Crippen molar-refractivity contribution in [1.29, 1.82) is 0 Å². The molecule has 112 valence electrons. The predicted octanol–water partition coefficient (Wildman–Crippen LogP) is 6.45. The highest BCUT2D eigenvalue weighted by atomic mass is 14.3. The minimum absolute atomic E-state index is 0.887. The van der Waals surface area contributed by atoms with E-state index < -0.39 is 0 Å². The van der Waals surface area contributed by atoms with Gasteiger partial charge in [0.25, 0.3) is 0 Å². The fourth-order valence-electron chi connectivity index (χ4n) is 4.22. The Balaban J connectivity index is 1.80. The van der Waals surface area contributed by atoms with Crippen LogP contribution in [-0.4, -0.2) is 0 Å². The van der Waals surface area contributed by atoms with Gasteiger partial charge in [-0.1, -0.05) is 78.6 Å². The largest absolute Gasteiger partial charge is 0.0628 e. The molecule has 0 nitrogen and oxygen atoms in total. The van der Waals surface area contributed by atoms with Gasteiger partial charge in [0.1, 0.15) is 0 Å². The molecule has 0 aromatic rings. The molecule has 0 aromatic carbocycles. The van der Waals surface area contributed by atoms with Gasteiger partial charge in [-0.25, -0.2) is 0 Å². The summed E-state index contributed by atoms with van der Waals surface area (Å²) in [7, 11) is 0. The normalized spacial score (nSPS) is 24.6. The van der Waals surface area contributed by atoms with Gasteiger partial charge in [-0.15, -0.1) is 0 Å². The Kier molecular flexibility index (Phi) is 6.23. The van der Waals surface area contributed by atoms with E-state index in [1.165, 1.54) is 57.8 Å². The lowest BCUT2D eigenvalue weighted by atomic mass is 9.72. The van der Waals surface area contributed by atoms with Gasteiger partial charge in [-0.2, -0.15) is 0 Å². The maximum absolute atomic E-state index is 2.56. The maximum atomic E-state index is 2.56. The summed E-state index contributed by atoms with van der Waals surface area (Å²) in [5.74, 6) is 5.11. The molecule has 0 radical (unpaired) electrons. The summed E-state index contributed by atoms with van der Waals surface area (Å²) in [6, 6.07) is 0. The molecule has 2 saturated carbocycles. The average molecular weight is 264 g/mol. The fourth-order valence-corrected chi connectivity index (χ4v) is 4.22. The van der Waals surface area contributed by atoms with Crippen molar-refractivity contribution in [2.45, 2.75) is 91.4 Å². The van der Waals surface area contributed by atoms with E-state index >= 15 is 0 Å². The van der Waals surface area contributed by atoms with Crippen molar-refractivity contribution in [3.63, 3.8) is 0 Å². The summed E-state index contributed by atoms with van der Waals surface area (Å²) in [6.07, 6.45) is 16.7. The quantitative estimate of drug-likeness (QED) is 0.473. The van der Waals surface area contributed by atoms with Gasteiger partial charge < -0.3 is 0 Å². The molecular formula is C19H36. The standard InChI is InChI=1S/C19H36/c1-15(2)11-12-16(3)19(14-18-9-6-10-18)13-17-7-4-5-8-17/h15-19H,4-14H2,1-3H3. The van der Waals surface area contributed by atoms with Crippen LogP contribution >= 0.6 is 0 Å². The summed E-state index contributed by atoms with van der Waals surface area (Å²) in [6.45, 7) is 7.32. The Morgan fingerprint density at radius 3 is 1.68 bits per heavy atom. The van der Waals surface area contributed by atoms with E-state index in [1.807, 2.05) is 0 Å². The van der Waals surface area contributed by atoms with Gasteiger partial charge in [0, 0.05) is 0 Å². The van der Waals surface area contributed by atoms with Crippen LogP contribution in [0.25, 0.3) is 0 Å². The molecule has 0 aromatic heterocycles. The molecule has 0 N–H and O–H groups in total. The van der Waals surface area contributed by atoms with Gasteiger partial charge in [-0.05, 0) is 42.4 Å². The molecule has 0 heterocycles. The smallest absolute Gasteiger partial charge is 0.0383 e. The van der Waals surface area contributed by atoms with E-state index in [4.69, 9.17) is 0 Å². The van der Waals surface area contributed by atoms with Crippen molar-refractivity contribution in [2.75, 3.05) is 0 Å². The molecule has 2 atom stereocenters. The second-order valence-electron chi connectivity index (χ2n) is 8.13. The second kappa shape index (κ2) is 7.70. The van der Waals surface area contributed by atoms with Crippen LogP contribution in [0, 0.1) is 29.6 Å². The molecule has 0 aliphatic heterocycles. The minimum atomic E-state index is 0.887. The first kappa shape index (κ1) is 15.4. The summed E-state index contributed by atoms with van der Waals surface area (Å²) < 4.78 is 0. The van der Waals surface area contributed by atoms with Crippen LogP contribution in [0.15, 0.2) is 0 Å². The molecule has 19 heavy (non-hydrogen) atoms. The van der Waals surface area contributed by atoms with Crippen LogP contribution in [0.3, 0.4) is 0 Å². The molecule has 2 aliphatic rings. The lowest BCUT2D eigenvalue weighted by Crippen LogP contribution is -2.22. The summed E-state index contributed by atoms with van der Waals surface area (Å²) in [4.78, 5) is 0. The monoisotopic (exact) mass is 264 g/mol. The topological polar surface area (TPSA) is 0 Å².